The summed E-state index contributed by atoms with van der Waals surface area (Å²) in [6.45, 7) is 17.9. The summed E-state index contributed by atoms with van der Waals surface area (Å²) >= 11 is 0. The lowest BCUT2D eigenvalue weighted by Crippen LogP contribution is -2.48. The third-order valence-electron chi connectivity index (χ3n) is 2.61. The highest BCUT2D eigenvalue weighted by Crippen LogP contribution is 2.30. The first-order chi connectivity index (χ1) is 9.16. The monoisotopic (exact) mass is 308 g/mol. The Morgan fingerprint density at radius 1 is 1.14 bits per heavy atom. The summed E-state index contributed by atoms with van der Waals surface area (Å²) in [6, 6.07) is 0. The highest BCUT2D eigenvalue weighted by Gasteiger charge is 2.30. The van der Waals surface area contributed by atoms with E-state index in [1.165, 1.54) is 6.92 Å². The lowest BCUT2D eigenvalue weighted by molar-refractivity contribution is -0.254. The molecule has 0 aromatic heterocycles. The number of ether oxygens (including phenoxy) is 1. The van der Waals surface area contributed by atoms with Crippen molar-refractivity contribution >= 4 is 0 Å². The van der Waals surface area contributed by atoms with Crippen molar-refractivity contribution in [2.24, 2.45) is 11.3 Å². The predicted molar refractivity (Wildman–Crippen MR) is 85.1 cm³/mol. The molecule has 0 spiro atoms. The van der Waals surface area contributed by atoms with Crippen molar-refractivity contribution in [3.63, 3.8) is 0 Å². The van der Waals surface area contributed by atoms with Crippen molar-refractivity contribution in [2.45, 2.75) is 66.9 Å². The van der Waals surface area contributed by atoms with Gasteiger partial charge in [0.1, 0.15) is 5.83 Å². The minimum Gasteiger partial charge on any atom is -0.349 e. The summed E-state index contributed by atoms with van der Waals surface area (Å²) in [5, 5.41) is 19.1. The van der Waals surface area contributed by atoms with E-state index < -0.39 is 17.3 Å². The fourth-order valence-electron chi connectivity index (χ4n) is 1.51. The predicted octanol–water partition coefficient (Wildman–Crippen LogP) is 3.44. The van der Waals surface area contributed by atoms with Crippen molar-refractivity contribution in [3.05, 3.63) is 23.7 Å². The molecule has 0 fully saturated rings. The Morgan fingerprint density at radius 3 is 1.81 bits per heavy atom. The number of aliphatic hydroxyl groups is 1. The van der Waals surface area contributed by atoms with Crippen LogP contribution in [0.25, 0.3) is 0 Å². The van der Waals surface area contributed by atoms with Gasteiger partial charge in [0.2, 0.25) is 5.91 Å². The second kappa shape index (κ2) is 7.89. The first kappa shape index (κ1) is 22.3. The number of nitrogens with two attached hydrogens (primary N) is 1. The molecule has 0 aliphatic heterocycles. The molecule has 5 nitrogen and oxygen atoms in total. The van der Waals surface area contributed by atoms with Crippen LogP contribution in [0.15, 0.2) is 23.7 Å². The highest BCUT2D eigenvalue weighted by atomic mass is 19.1. The van der Waals surface area contributed by atoms with Crippen LogP contribution in [0, 0.1) is 5.41 Å². The average molecular weight is 308 g/mol. The number of nitrogens with one attached hydrogen (secondary N) is 1. The van der Waals surface area contributed by atoms with E-state index in [0.717, 1.165) is 0 Å². The van der Waals surface area contributed by atoms with E-state index in [1.54, 1.807) is 27.7 Å². The van der Waals surface area contributed by atoms with E-state index in [9.17, 15) is 9.50 Å². The van der Waals surface area contributed by atoms with Crippen LogP contribution in [0.1, 0.15) is 56.8 Å². The Bertz CT molecular complexity index is 383. The van der Waals surface area contributed by atoms with E-state index >= 15 is 0 Å². The third kappa shape index (κ3) is 9.57. The Balaban J connectivity index is -0.00000115. The van der Waals surface area contributed by atoms with E-state index in [2.05, 4.69) is 17.8 Å². The summed E-state index contributed by atoms with van der Waals surface area (Å²) in [4.78, 5) is 0. The molecule has 1 atom stereocenters. The molecular formula is C15H33FN2O3. The van der Waals surface area contributed by atoms with Gasteiger partial charge in [-0.05, 0) is 38.7 Å². The number of hydrogen-bond donors (Lipinski definition) is 4. The molecule has 0 amide bonds. The smallest absolute Gasteiger partial charge is 0.244 e. The second-order valence-electron chi connectivity index (χ2n) is 6.99. The van der Waals surface area contributed by atoms with Crippen LogP contribution in [-0.2, 0) is 4.74 Å². The SMILES string of the molecule is C=C(NC(C)(O)OC(C)(C)C)/C(F)=C(\C)C(C)(C)C.NO.[HH]. The molecule has 6 heteroatoms. The van der Waals surface area contributed by atoms with Crippen molar-refractivity contribution in [1.82, 2.24) is 5.32 Å². The normalized spacial score (nSPS) is 16.2. The molecule has 5 N–H and O–H groups in total. The molecule has 0 aromatic rings. The van der Waals surface area contributed by atoms with Gasteiger partial charge < -0.3 is 20.4 Å². The first-order valence-electron chi connectivity index (χ1n) is 6.68. The Hall–Kier alpha value is -0.950. The van der Waals surface area contributed by atoms with Crippen LogP contribution >= 0.6 is 0 Å². The van der Waals surface area contributed by atoms with E-state index in [-0.39, 0.29) is 12.5 Å². The van der Waals surface area contributed by atoms with E-state index in [1.807, 2.05) is 20.8 Å². The summed E-state index contributed by atoms with van der Waals surface area (Å²) in [7, 11) is 0. The lowest BCUT2D eigenvalue weighted by atomic mass is 9.86. The summed E-state index contributed by atoms with van der Waals surface area (Å²) in [5.41, 5.74) is -0.278. The van der Waals surface area contributed by atoms with Crippen molar-refractivity contribution in [2.75, 3.05) is 0 Å². The Labute approximate surface area is 129 Å². The molecular weight excluding hydrogens is 275 g/mol. The molecule has 128 valence electrons. The van der Waals surface area contributed by atoms with Gasteiger partial charge in [0.15, 0.2) is 0 Å². The first-order valence-corrected chi connectivity index (χ1v) is 6.68. The molecule has 0 bridgehead atoms. The molecule has 21 heavy (non-hydrogen) atoms. The van der Waals surface area contributed by atoms with E-state index in [4.69, 9.17) is 9.94 Å². The van der Waals surface area contributed by atoms with Gasteiger partial charge >= 0.3 is 0 Å². The third-order valence-corrected chi connectivity index (χ3v) is 2.61. The zero-order valence-corrected chi connectivity index (χ0v) is 14.5. The van der Waals surface area contributed by atoms with Crippen molar-refractivity contribution in [3.8, 4) is 0 Å². The fraction of sp³-hybridized carbons (Fsp3) is 0.733. The van der Waals surface area contributed by atoms with Gasteiger partial charge in [-0.25, -0.2) is 10.3 Å². The molecule has 0 aliphatic carbocycles. The van der Waals surface area contributed by atoms with Gasteiger partial charge in [-0.3, -0.25) is 0 Å². The van der Waals surface area contributed by atoms with Gasteiger partial charge in [0.25, 0.3) is 0 Å². The maximum Gasteiger partial charge on any atom is 0.244 e. The molecule has 1 unspecified atom stereocenters. The topological polar surface area (TPSA) is 87.7 Å². The average Bonchev–Trinajstić information content (AvgIpc) is 2.24. The van der Waals surface area contributed by atoms with Crippen LogP contribution in [0.3, 0.4) is 0 Å². The highest BCUT2D eigenvalue weighted by molar-refractivity contribution is 5.28. The molecule has 0 saturated carbocycles. The van der Waals surface area contributed by atoms with Crippen LogP contribution < -0.4 is 11.2 Å². The summed E-state index contributed by atoms with van der Waals surface area (Å²) in [5.74, 6) is 1.37. The Morgan fingerprint density at radius 2 is 1.52 bits per heavy atom. The standard InChI is InChI=1S/C15H28FNO2.H3NO.H2/c1-10(13(3,4)5)12(16)11(2)17-15(9,18)19-14(6,7)8;1-2;/h17-18H,2H2,1,3-9H3;2H,1H2;1H/b12-10-;;. The van der Waals surface area contributed by atoms with Gasteiger partial charge in [-0.15, -0.1) is 0 Å². The number of halogens is 1. The lowest BCUT2D eigenvalue weighted by Gasteiger charge is -2.34. The Kier molecular flexibility index (Phi) is 8.39. The summed E-state index contributed by atoms with van der Waals surface area (Å²) in [6.07, 6.45) is 0. The van der Waals surface area contributed by atoms with Crippen LogP contribution in [0.2, 0.25) is 0 Å². The van der Waals surface area contributed by atoms with Gasteiger partial charge in [-0.2, -0.15) is 0 Å². The van der Waals surface area contributed by atoms with Crippen LogP contribution in [0.4, 0.5) is 4.39 Å². The molecule has 0 aromatic carbocycles. The summed E-state index contributed by atoms with van der Waals surface area (Å²) < 4.78 is 19.6. The second-order valence-corrected chi connectivity index (χ2v) is 6.99. The van der Waals surface area contributed by atoms with Gasteiger partial charge in [0.05, 0.1) is 11.3 Å². The maximum atomic E-state index is 14.2. The van der Waals surface area contributed by atoms with Crippen molar-refractivity contribution in [1.29, 1.82) is 0 Å². The fourth-order valence-corrected chi connectivity index (χ4v) is 1.51. The zero-order valence-electron chi connectivity index (χ0n) is 14.5. The number of allylic oxidation sites excluding steroid dienone is 2. The zero-order chi connectivity index (χ0) is 17.6. The quantitative estimate of drug-likeness (QED) is 0.363. The largest absolute Gasteiger partial charge is 0.349 e. The van der Waals surface area contributed by atoms with Crippen LogP contribution in [-0.4, -0.2) is 21.8 Å². The van der Waals surface area contributed by atoms with Crippen molar-refractivity contribution < 1.29 is 20.9 Å². The van der Waals surface area contributed by atoms with Gasteiger partial charge in [-0.1, -0.05) is 27.4 Å². The molecule has 0 rings (SSSR count). The minimum atomic E-state index is -1.68. The molecule has 0 saturated heterocycles. The number of hydrogen-bond acceptors (Lipinski definition) is 5. The van der Waals surface area contributed by atoms with E-state index in [0.29, 0.717) is 5.57 Å². The van der Waals surface area contributed by atoms with Gasteiger partial charge in [0, 0.05) is 8.35 Å². The molecule has 0 radical (unpaired) electrons. The minimum absolute atomic E-state index is 0. The number of rotatable bonds is 4. The maximum absolute atomic E-state index is 14.2. The molecule has 0 heterocycles. The molecule has 0 aliphatic rings. The van der Waals surface area contributed by atoms with Crippen LogP contribution in [0.5, 0.6) is 0 Å².